The Morgan fingerprint density at radius 3 is 2.39 bits per heavy atom. The summed E-state index contributed by atoms with van der Waals surface area (Å²) in [5, 5.41) is 0. The Balaban J connectivity index is 1.80. The number of ether oxygens (including phenoxy) is 2. The second kappa shape index (κ2) is 10.7. The minimum absolute atomic E-state index is 0.0139. The van der Waals surface area contributed by atoms with Crippen LogP contribution in [0.5, 0.6) is 5.75 Å². The fourth-order valence-corrected chi connectivity index (χ4v) is 4.84. The number of likely N-dealkylation sites (tertiary alicyclic amines) is 1. The standard InChI is InChI=1S/C23H30N2O5S/c1-29-17-15-24-31(27,28)21-13-9-19(10-14-21)23(26)25-16-5-3-4-6-22(25)18-7-11-20(30-2)12-8-18/h7-14,22,24H,3-6,15-17H2,1-2H3/t22-/m0/s1. The molecule has 1 heterocycles. The smallest absolute Gasteiger partial charge is 0.254 e. The quantitative estimate of drug-likeness (QED) is 0.629. The molecule has 1 atom stereocenters. The molecule has 1 amide bonds. The third-order valence-corrected chi connectivity index (χ3v) is 7.00. The van der Waals surface area contributed by atoms with Crippen molar-refractivity contribution in [1.29, 1.82) is 0 Å². The zero-order chi connectivity index (χ0) is 22.3. The van der Waals surface area contributed by atoms with Crippen LogP contribution in [-0.4, -0.2) is 53.1 Å². The summed E-state index contributed by atoms with van der Waals surface area (Å²) >= 11 is 0. The number of rotatable bonds is 8. The minimum atomic E-state index is -3.63. The molecule has 2 aromatic rings. The van der Waals surface area contributed by atoms with Crippen molar-refractivity contribution in [2.75, 3.05) is 33.9 Å². The van der Waals surface area contributed by atoms with Gasteiger partial charge in [0.2, 0.25) is 10.0 Å². The summed E-state index contributed by atoms with van der Waals surface area (Å²) in [5.41, 5.74) is 1.56. The van der Waals surface area contributed by atoms with E-state index in [9.17, 15) is 13.2 Å². The molecule has 1 aliphatic heterocycles. The number of carbonyl (C=O) groups is 1. The SMILES string of the molecule is COCCNS(=O)(=O)c1ccc(C(=O)N2CCCCC[C@H]2c2ccc(OC)cc2)cc1. The molecule has 0 radical (unpaired) electrons. The zero-order valence-electron chi connectivity index (χ0n) is 18.0. The van der Waals surface area contributed by atoms with Gasteiger partial charge in [0.15, 0.2) is 0 Å². The molecule has 0 aliphatic carbocycles. The van der Waals surface area contributed by atoms with Gasteiger partial charge in [0.25, 0.3) is 5.91 Å². The number of nitrogens with one attached hydrogen (secondary N) is 1. The maximum Gasteiger partial charge on any atom is 0.254 e. The van der Waals surface area contributed by atoms with Crippen LogP contribution in [0.25, 0.3) is 0 Å². The average Bonchev–Trinajstić information content (AvgIpc) is 3.05. The fourth-order valence-electron chi connectivity index (χ4n) is 3.83. The molecule has 8 heteroatoms. The van der Waals surface area contributed by atoms with E-state index in [1.54, 1.807) is 19.2 Å². The summed E-state index contributed by atoms with van der Waals surface area (Å²) in [7, 11) is -0.490. The van der Waals surface area contributed by atoms with Crippen LogP contribution >= 0.6 is 0 Å². The van der Waals surface area contributed by atoms with Gasteiger partial charge in [-0.1, -0.05) is 25.0 Å². The normalized spacial score (nSPS) is 17.2. The third-order valence-electron chi connectivity index (χ3n) is 5.52. The maximum atomic E-state index is 13.4. The predicted octanol–water partition coefficient (Wildman–Crippen LogP) is 3.38. The Morgan fingerprint density at radius 2 is 1.74 bits per heavy atom. The van der Waals surface area contributed by atoms with Gasteiger partial charge in [0.05, 0.1) is 24.7 Å². The van der Waals surface area contributed by atoms with E-state index in [0.717, 1.165) is 37.0 Å². The van der Waals surface area contributed by atoms with E-state index in [4.69, 9.17) is 9.47 Å². The molecule has 2 aromatic carbocycles. The Morgan fingerprint density at radius 1 is 1.03 bits per heavy atom. The first-order chi connectivity index (χ1) is 15.0. The number of nitrogens with zero attached hydrogens (tertiary/aromatic N) is 1. The molecule has 0 aromatic heterocycles. The van der Waals surface area contributed by atoms with Crippen molar-refractivity contribution < 1.29 is 22.7 Å². The Bertz CT molecular complexity index is 958. The highest BCUT2D eigenvalue weighted by molar-refractivity contribution is 7.89. The molecule has 0 spiro atoms. The molecule has 7 nitrogen and oxygen atoms in total. The summed E-state index contributed by atoms with van der Waals surface area (Å²) in [5.74, 6) is 0.699. The Kier molecular flexibility index (Phi) is 8.06. The summed E-state index contributed by atoms with van der Waals surface area (Å²) in [6, 6.07) is 14.0. The van der Waals surface area contributed by atoms with E-state index >= 15 is 0 Å². The van der Waals surface area contributed by atoms with Gasteiger partial charge in [0.1, 0.15) is 5.75 Å². The topological polar surface area (TPSA) is 84.9 Å². The number of amides is 1. The molecule has 168 valence electrons. The summed E-state index contributed by atoms with van der Waals surface area (Å²) in [6.45, 7) is 1.16. The summed E-state index contributed by atoms with van der Waals surface area (Å²) < 4.78 is 37.3. The Labute approximate surface area is 184 Å². The van der Waals surface area contributed by atoms with E-state index in [2.05, 4.69) is 4.72 Å². The van der Waals surface area contributed by atoms with E-state index in [1.807, 2.05) is 29.2 Å². The number of hydrogen-bond donors (Lipinski definition) is 1. The lowest BCUT2D eigenvalue weighted by Crippen LogP contribution is -2.35. The van der Waals surface area contributed by atoms with Crippen LogP contribution in [0.4, 0.5) is 0 Å². The van der Waals surface area contributed by atoms with Gasteiger partial charge < -0.3 is 14.4 Å². The summed E-state index contributed by atoms with van der Waals surface area (Å²) in [6.07, 6.45) is 3.99. The van der Waals surface area contributed by atoms with E-state index in [1.165, 1.54) is 19.2 Å². The van der Waals surface area contributed by atoms with Crippen LogP contribution in [0.1, 0.15) is 47.6 Å². The first-order valence-corrected chi connectivity index (χ1v) is 12.0. The highest BCUT2D eigenvalue weighted by Gasteiger charge is 2.28. The minimum Gasteiger partial charge on any atom is -0.497 e. The van der Waals surface area contributed by atoms with Gasteiger partial charge in [0, 0.05) is 25.8 Å². The van der Waals surface area contributed by atoms with Crippen LogP contribution < -0.4 is 9.46 Å². The van der Waals surface area contributed by atoms with Crippen LogP contribution in [-0.2, 0) is 14.8 Å². The number of hydrogen-bond acceptors (Lipinski definition) is 5. The van der Waals surface area contributed by atoms with Crippen LogP contribution in [0, 0.1) is 0 Å². The van der Waals surface area contributed by atoms with Crippen molar-refractivity contribution in [2.24, 2.45) is 0 Å². The molecule has 1 fully saturated rings. The van der Waals surface area contributed by atoms with Crippen molar-refractivity contribution in [3.8, 4) is 5.75 Å². The van der Waals surface area contributed by atoms with Gasteiger partial charge in [-0.3, -0.25) is 4.79 Å². The molecule has 1 aliphatic rings. The maximum absolute atomic E-state index is 13.4. The first-order valence-electron chi connectivity index (χ1n) is 10.5. The van der Waals surface area contributed by atoms with Crippen molar-refractivity contribution in [1.82, 2.24) is 9.62 Å². The third kappa shape index (κ3) is 5.84. The molecular weight excluding hydrogens is 416 g/mol. The Hall–Kier alpha value is -2.42. The molecule has 0 bridgehead atoms. The highest BCUT2D eigenvalue weighted by Crippen LogP contribution is 2.32. The molecule has 31 heavy (non-hydrogen) atoms. The molecule has 0 saturated carbocycles. The van der Waals surface area contributed by atoms with E-state index in [-0.39, 0.29) is 30.0 Å². The van der Waals surface area contributed by atoms with Crippen molar-refractivity contribution in [3.63, 3.8) is 0 Å². The van der Waals surface area contributed by atoms with Crippen LogP contribution in [0.3, 0.4) is 0 Å². The molecular formula is C23H30N2O5S. The second-order valence-corrected chi connectivity index (χ2v) is 9.32. The predicted molar refractivity (Wildman–Crippen MR) is 119 cm³/mol. The first kappa shape index (κ1) is 23.2. The molecule has 0 unspecified atom stereocenters. The van der Waals surface area contributed by atoms with Gasteiger partial charge in [-0.05, 0) is 54.8 Å². The van der Waals surface area contributed by atoms with Crippen molar-refractivity contribution in [2.45, 2.75) is 36.6 Å². The van der Waals surface area contributed by atoms with Crippen molar-refractivity contribution in [3.05, 3.63) is 59.7 Å². The van der Waals surface area contributed by atoms with Crippen molar-refractivity contribution >= 4 is 15.9 Å². The van der Waals surface area contributed by atoms with E-state index < -0.39 is 10.0 Å². The lowest BCUT2D eigenvalue weighted by Gasteiger charge is -2.31. The zero-order valence-corrected chi connectivity index (χ0v) is 18.9. The van der Waals surface area contributed by atoms with Crippen LogP contribution in [0.2, 0.25) is 0 Å². The van der Waals surface area contributed by atoms with Gasteiger partial charge in [-0.25, -0.2) is 13.1 Å². The fraction of sp³-hybridized carbons (Fsp3) is 0.435. The van der Waals surface area contributed by atoms with Gasteiger partial charge >= 0.3 is 0 Å². The van der Waals surface area contributed by atoms with Crippen LogP contribution in [0.15, 0.2) is 53.4 Å². The number of benzene rings is 2. The number of carbonyl (C=O) groups excluding carboxylic acids is 1. The lowest BCUT2D eigenvalue weighted by atomic mass is 10.00. The van der Waals surface area contributed by atoms with Gasteiger partial charge in [-0.2, -0.15) is 0 Å². The molecule has 1 N–H and O–H groups in total. The average molecular weight is 447 g/mol. The number of sulfonamides is 1. The highest BCUT2D eigenvalue weighted by atomic mass is 32.2. The molecule has 3 rings (SSSR count). The van der Waals surface area contributed by atoms with Gasteiger partial charge in [-0.15, -0.1) is 0 Å². The number of methoxy groups -OCH3 is 2. The summed E-state index contributed by atoms with van der Waals surface area (Å²) in [4.78, 5) is 15.4. The molecule has 1 saturated heterocycles. The van der Waals surface area contributed by atoms with E-state index in [0.29, 0.717) is 12.1 Å². The lowest BCUT2D eigenvalue weighted by molar-refractivity contribution is 0.0681. The monoisotopic (exact) mass is 446 g/mol. The second-order valence-electron chi connectivity index (χ2n) is 7.55. The largest absolute Gasteiger partial charge is 0.497 e.